The molecule has 0 radical (unpaired) electrons. The van der Waals surface area contributed by atoms with Crippen molar-refractivity contribution in [3.05, 3.63) is 70.2 Å². The standard InChI is InChI=1S/C17H15ClN4O3/c18-13-6-8-14(9-7-13)20-16(23)19-10-11-22-17(24)25-15(21-22)12-4-2-1-3-5-12/h1-9H,10-11H2,(H2,19,20,23). The van der Waals surface area contributed by atoms with Gasteiger partial charge in [0.2, 0.25) is 5.89 Å². The van der Waals surface area contributed by atoms with Crippen LogP contribution in [-0.4, -0.2) is 22.4 Å². The van der Waals surface area contributed by atoms with E-state index in [4.69, 9.17) is 16.0 Å². The van der Waals surface area contributed by atoms with Gasteiger partial charge in [-0.3, -0.25) is 0 Å². The molecule has 3 aromatic rings. The molecule has 128 valence electrons. The second kappa shape index (κ2) is 7.67. The highest BCUT2D eigenvalue weighted by molar-refractivity contribution is 6.30. The molecular weight excluding hydrogens is 344 g/mol. The molecule has 2 amide bonds. The number of rotatable bonds is 5. The molecule has 0 aliphatic carbocycles. The Balaban J connectivity index is 1.54. The van der Waals surface area contributed by atoms with Gasteiger partial charge in [0.05, 0.1) is 6.54 Å². The van der Waals surface area contributed by atoms with Crippen LogP contribution in [0.1, 0.15) is 0 Å². The van der Waals surface area contributed by atoms with Crippen LogP contribution in [-0.2, 0) is 6.54 Å². The monoisotopic (exact) mass is 358 g/mol. The Morgan fingerprint density at radius 3 is 2.56 bits per heavy atom. The van der Waals surface area contributed by atoms with E-state index in [1.807, 2.05) is 18.2 Å². The molecule has 8 heteroatoms. The minimum absolute atomic E-state index is 0.198. The highest BCUT2D eigenvalue weighted by atomic mass is 35.5. The topological polar surface area (TPSA) is 89.2 Å². The summed E-state index contributed by atoms with van der Waals surface area (Å²) in [6, 6.07) is 15.5. The van der Waals surface area contributed by atoms with Crippen LogP contribution in [0.3, 0.4) is 0 Å². The lowest BCUT2D eigenvalue weighted by Gasteiger charge is -2.07. The minimum Gasteiger partial charge on any atom is -0.388 e. The zero-order chi connectivity index (χ0) is 17.6. The first-order valence-corrected chi connectivity index (χ1v) is 7.93. The molecule has 0 bridgehead atoms. The van der Waals surface area contributed by atoms with Gasteiger partial charge in [-0.2, -0.15) is 4.68 Å². The van der Waals surface area contributed by atoms with Crippen molar-refractivity contribution in [1.29, 1.82) is 0 Å². The van der Waals surface area contributed by atoms with Crippen molar-refractivity contribution in [3.8, 4) is 11.5 Å². The lowest BCUT2D eigenvalue weighted by atomic mass is 10.2. The van der Waals surface area contributed by atoms with Crippen LogP contribution < -0.4 is 16.4 Å². The zero-order valence-corrected chi connectivity index (χ0v) is 13.9. The summed E-state index contributed by atoms with van der Waals surface area (Å²) >= 11 is 5.78. The van der Waals surface area contributed by atoms with Crippen LogP contribution in [0.15, 0.2) is 63.8 Å². The number of nitrogens with zero attached hydrogens (tertiary/aromatic N) is 2. The van der Waals surface area contributed by atoms with Gasteiger partial charge in [0, 0.05) is 22.8 Å². The largest absolute Gasteiger partial charge is 0.437 e. The third-order valence-electron chi connectivity index (χ3n) is 3.34. The maximum absolute atomic E-state index is 11.8. The van der Waals surface area contributed by atoms with Gasteiger partial charge in [-0.15, -0.1) is 5.10 Å². The first-order chi connectivity index (χ1) is 12.1. The van der Waals surface area contributed by atoms with Gasteiger partial charge in [-0.05, 0) is 36.4 Å². The summed E-state index contributed by atoms with van der Waals surface area (Å²) in [7, 11) is 0. The Hall–Kier alpha value is -3.06. The first kappa shape index (κ1) is 16.8. The average Bonchev–Trinajstić information content (AvgIpc) is 2.99. The number of amides is 2. The Morgan fingerprint density at radius 2 is 1.84 bits per heavy atom. The molecule has 2 aromatic carbocycles. The summed E-state index contributed by atoms with van der Waals surface area (Å²) in [6.45, 7) is 0.420. The average molecular weight is 359 g/mol. The van der Waals surface area contributed by atoms with E-state index in [-0.39, 0.29) is 25.0 Å². The third kappa shape index (κ3) is 4.48. The minimum atomic E-state index is -0.571. The Labute approximate surface area is 148 Å². The predicted molar refractivity (Wildman–Crippen MR) is 94.7 cm³/mol. The van der Waals surface area contributed by atoms with Crippen LogP contribution in [0.2, 0.25) is 5.02 Å². The predicted octanol–water partition coefficient (Wildman–Crippen LogP) is 2.98. The van der Waals surface area contributed by atoms with Crippen LogP contribution in [0.4, 0.5) is 10.5 Å². The quantitative estimate of drug-likeness (QED) is 0.733. The van der Waals surface area contributed by atoms with Crippen LogP contribution in [0.25, 0.3) is 11.5 Å². The SMILES string of the molecule is O=C(NCCn1nc(-c2ccccc2)oc1=O)Nc1ccc(Cl)cc1. The Bertz CT molecular complexity index is 904. The molecule has 25 heavy (non-hydrogen) atoms. The molecule has 0 aliphatic heterocycles. The fourth-order valence-electron chi connectivity index (χ4n) is 2.13. The van der Waals surface area contributed by atoms with Crippen molar-refractivity contribution < 1.29 is 9.21 Å². The number of hydrogen-bond acceptors (Lipinski definition) is 4. The molecule has 7 nitrogen and oxygen atoms in total. The van der Waals surface area contributed by atoms with Crippen molar-refractivity contribution in [2.24, 2.45) is 0 Å². The van der Waals surface area contributed by atoms with Crippen molar-refractivity contribution in [2.75, 3.05) is 11.9 Å². The van der Waals surface area contributed by atoms with Crippen molar-refractivity contribution >= 4 is 23.3 Å². The number of aromatic nitrogens is 2. The molecule has 3 rings (SSSR count). The van der Waals surface area contributed by atoms with E-state index in [1.54, 1.807) is 36.4 Å². The number of anilines is 1. The van der Waals surface area contributed by atoms with Gasteiger partial charge in [0.15, 0.2) is 0 Å². The van der Waals surface area contributed by atoms with E-state index in [2.05, 4.69) is 15.7 Å². The number of benzene rings is 2. The van der Waals surface area contributed by atoms with E-state index < -0.39 is 5.76 Å². The van der Waals surface area contributed by atoms with Gasteiger partial charge in [-0.1, -0.05) is 29.8 Å². The van der Waals surface area contributed by atoms with E-state index >= 15 is 0 Å². The van der Waals surface area contributed by atoms with E-state index in [1.165, 1.54) is 4.68 Å². The summed E-state index contributed by atoms with van der Waals surface area (Å²) in [4.78, 5) is 23.6. The highest BCUT2D eigenvalue weighted by Gasteiger charge is 2.10. The Kier molecular flexibility index (Phi) is 5.15. The smallest absolute Gasteiger partial charge is 0.388 e. The summed E-state index contributed by atoms with van der Waals surface area (Å²) in [5.41, 5.74) is 1.33. The maximum atomic E-state index is 11.8. The molecule has 2 N–H and O–H groups in total. The molecule has 1 aromatic heterocycles. The van der Waals surface area contributed by atoms with Gasteiger partial charge in [0.1, 0.15) is 0 Å². The lowest BCUT2D eigenvalue weighted by Crippen LogP contribution is -2.33. The van der Waals surface area contributed by atoms with Crippen molar-refractivity contribution in [1.82, 2.24) is 15.1 Å². The van der Waals surface area contributed by atoms with Crippen LogP contribution in [0, 0.1) is 0 Å². The lowest BCUT2D eigenvalue weighted by molar-refractivity contribution is 0.251. The van der Waals surface area contributed by atoms with E-state index in [0.29, 0.717) is 16.3 Å². The van der Waals surface area contributed by atoms with E-state index in [9.17, 15) is 9.59 Å². The fraction of sp³-hybridized carbons (Fsp3) is 0.118. The van der Waals surface area contributed by atoms with Crippen molar-refractivity contribution in [3.63, 3.8) is 0 Å². The molecule has 0 fully saturated rings. The summed E-state index contributed by atoms with van der Waals surface area (Å²) < 4.78 is 6.29. The van der Waals surface area contributed by atoms with Gasteiger partial charge in [0.25, 0.3) is 0 Å². The number of halogens is 1. The molecular formula is C17H15ClN4O3. The molecule has 0 aliphatic rings. The number of carbonyl (C=O) groups is 1. The summed E-state index contributed by atoms with van der Waals surface area (Å²) in [6.07, 6.45) is 0. The third-order valence-corrected chi connectivity index (χ3v) is 3.59. The van der Waals surface area contributed by atoms with Crippen LogP contribution in [0.5, 0.6) is 0 Å². The highest BCUT2D eigenvalue weighted by Crippen LogP contribution is 2.14. The molecule has 1 heterocycles. The zero-order valence-electron chi connectivity index (χ0n) is 13.1. The first-order valence-electron chi connectivity index (χ1n) is 7.55. The second-order valence-corrected chi connectivity index (χ2v) is 5.59. The van der Waals surface area contributed by atoms with Gasteiger partial charge < -0.3 is 15.1 Å². The van der Waals surface area contributed by atoms with E-state index in [0.717, 1.165) is 0 Å². The Morgan fingerprint density at radius 1 is 1.12 bits per heavy atom. The molecule has 0 saturated carbocycles. The maximum Gasteiger partial charge on any atom is 0.437 e. The summed E-state index contributed by atoms with van der Waals surface area (Å²) in [5.74, 6) is -0.324. The number of nitrogens with one attached hydrogen (secondary N) is 2. The van der Waals surface area contributed by atoms with Crippen LogP contribution >= 0.6 is 11.6 Å². The molecule has 0 spiro atoms. The van der Waals surface area contributed by atoms with Gasteiger partial charge in [-0.25, -0.2) is 9.59 Å². The molecule has 0 saturated heterocycles. The number of carbonyl (C=O) groups excluding carboxylic acids is 1. The number of urea groups is 1. The molecule has 0 atom stereocenters. The normalized spacial score (nSPS) is 10.4. The summed E-state index contributed by atoms with van der Waals surface area (Å²) in [5, 5.41) is 10.0. The molecule has 0 unspecified atom stereocenters. The number of hydrogen-bond donors (Lipinski definition) is 2. The van der Waals surface area contributed by atoms with Gasteiger partial charge >= 0.3 is 11.8 Å². The second-order valence-electron chi connectivity index (χ2n) is 5.15. The fourth-order valence-corrected chi connectivity index (χ4v) is 2.25. The van der Waals surface area contributed by atoms with Crippen molar-refractivity contribution in [2.45, 2.75) is 6.54 Å².